The van der Waals surface area contributed by atoms with Crippen LogP contribution in [0.1, 0.15) is 23.4 Å². The number of nitrogens with zero attached hydrogens (tertiary/aromatic N) is 4. The van der Waals surface area contributed by atoms with E-state index in [9.17, 15) is 13.2 Å². The molecule has 9 nitrogen and oxygen atoms in total. The number of fused-ring (bicyclic) bond motifs is 1. The molecule has 0 radical (unpaired) electrons. The van der Waals surface area contributed by atoms with Gasteiger partial charge in [0.2, 0.25) is 10.0 Å². The van der Waals surface area contributed by atoms with Gasteiger partial charge in [-0.15, -0.1) is 0 Å². The Bertz CT molecular complexity index is 1220. The molecule has 2 amide bonds. The Morgan fingerprint density at radius 3 is 2.68 bits per heavy atom. The minimum Gasteiger partial charge on any atom is -0.360 e. The third kappa shape index (κ3) is 4.13. The summed E-state index contributed by atoms with van der Waals surface area (Å²) in [6.45, 7) is 6.43. The van der Waals surface area contributed by atoms with E-state index in [2.05, 4.69) is 15.5 Å². The lowest BCUT2D eigenvalue weighted by Gasteiger charge is -2.22. The first-order valence-electron chi connectivity index (χ1n) is 10.1. The van der Waals surface area contributed by atoms with Crippen molar-refractivity contribution >= 4 is 32.6 Å². The Kier molecular flexibility index (Phi) is 5.67. The Morgan fingerprint density at radius 2 is 1.94 bits per heavy atom. The minimum absolute atomic E-state index is 0.114. The summed E-state index contributed by atoms with van der Waals surface area (Å²) in [7, 11) is -3.74. The highest BCUT2D eigenvalue weighted by atomic mass is 32.2. The van der Waals surface area contributed by atoms with Crippen LogP contribution in [0.4, 0.5) is 10.5 Å². The lowest BCUT2D eigenvalue weighted by atomic mass is 10.1. The van der Waals surface area contributed by atoms with Crippen molar-refractivity contribution in [3.63, 3.8) is 0 Å². The lowest BCUT2D eigenvalue weighted by molar-refractivity contribution is 0.214. The maximum Gasteiger partial charge on any atom is 0.321 e. The number of urea groups is 1. The second-order valence-corrected chi connectivity index (χ2v) is 9.59. The van der Waals surface area contributed by atoms with Crippen LogP contribution in [0.2, 0.25) is 0 Å². The third-order valence-electron chi connectivity index (χ3n) is 5.40. The van der Waals surface area contributed by atoms with Crippen LogP contribution in [0.5, 0.6) is 0 Å². The summed E-state index contributed by atoms with van der Waals surface area (Å²) < 4.78 is 32.6. The number of sulfonamides is 1. The van der Waals surface area contributed by atoms with Crippen molar-refractivity contribution in [3.8, 4) is 0 Å². The highest BCUT2D eigenvalue weighted by molar-refractivity contribution is 7.89. The topological polar surface area (TPSA) is 109 Å². The van der Waals surface area contributed by atoms with Crippen LogP contribution >= 0.6 is 0 Å². The molecular formula is C21H25N5O4S. The molecule has 1 fully saturated rings. The Labute approximate surface area is 181 Å². The fourth-order valence-electron chi connectivity index (χ4n) is 3.94. The van der Waals surface area contributed by atoms with Crippen LogP contribution in [-0.2, 0) is 10.0 Å². The lowest BCUT2D eigenvalue weighted by Crippen LogP contribution is -2.39. The van der Waals surface area contributed by atoms with Gasteiger partial charge < -0.3 is 14.7 Å². The molecule has 0 atom stereocenters. The Hall–Kier alpha value is -2.98. The molecule has 1 aliphatic heterocycles. The number of nitrogens with one attached hydrogen (secondary N) is 1. The summed E-state index contributed by atoms with van der Waals surface area (Å²) in [4.78, 5) is 19.1. The number of pyridine rings is 1. The monoisotopic (exact) mass is 443 g/mol. The molecule has 1 aromatic carbocycles. The quantitative estimate of drug-likeness (QED) is 0.666. The van der Waals surface area contributed by atoms with Gasteiger partial charge in [-0.1, -0.05) is 11.2 Å². The Balaban J connectivity index is 1.50. The number of rotatable bonds is 3. The van der Waals surface area contributed by atoms with Crippen molar-refractivity contribution in [1.82, 2.24) is 19.3 Å². The van der Waals surface area contributed by atoms with Crippen molar-refractivity contribution in [3.05, 3.63) is 47.5 Å². The minimum atomic E-state index is -3.74. The van der Waals surface area contributed by atoms with Gasteiger partial charge in [0.25, 0.3) is 0 Å². The van der Waals surface area contributed by atoms with E-state index in [1.165, 1.54) is 4.31 Å². The van der Waals surface area contributed by atoms with Crippen LogP contribution in [-0.4, -0.2) is 60.0 Å². The summed E-state index contributed by atoms with van der Waals surface area (Å²) in [5.41, 5.74) is 2.72. The molecule has 0 bridgehead atoms. The molecule has 0 spiro atoms. The predicted octanol–water partition coefficient (Wildman–Crippen LogP) is 3.08. The van der Waals surface area contributed by atoms with E-state index in [-0.39, 0.29) is 29.8 Å². The van der Waals surface area contributed by atoms with Gasteiger partial charge in [0.15, 0.2) is 5.76 Å². The largest absolute Gasteiger partial charge is 0.360 e. The molecule has 0 unspecified atom stereocenters. The molecule has 1 N–H and O–H groups in total. The fourth-order valence-corrected chi connectivity index (χ4v) is 5.70. The van der Waals surface area contributed by atoms with Crippen LogP contribution in [0.25, 0.3) is 10.9 Å². The first-order valence-corrected chi connectivity index (χ1v) is 11.6. The second-order valence-electron chi connectivity index (χ2n) is 7.72. The van der Waals surface area contributed by atoms with E-state index >= 15 is 0 Å². The highest BCUT2D eigenvalue weighted by Crippen LogP contribution is 2.26. The number of carbonyl (C=O) groups is 1. The standard InChI is InChI=1S/C21H25N5O4S/c1-14-12-17-6-4-7-22-19(17)18(13-14)23-21(27)25-8-5-9-26(11-10-25)31(28,29)20-15(2)24-30-16(20)3/h4,6-7,12-13H,5,8-11H2,1-3H3,(H,23,27). The molecule has 4 rings (SSSR count). The van der Waals surface area contributed by atoms with E-state index in [0.717, 1.165) is 16.5 Å². The first-order chi connectivity index (χ1) is 14.8. The van der Waals surface area contributed by atoms with E-state index < -0.39 is 10.0 Å². The van der Waals surface area contributed by atoms with E-state index in [1.54, 1.807) is 24.9 Å². The first kappa shape index (κ1) is 21.3. The van der Waals surface area contributed by atoms with Gasteiger partial charge in [-0.05, 0) is 51.0 Å². The summed E-state index contributed by atoms with van der Waals surface area (Å²) >= 11 is 0. The van der Waals surface area contributed by atoms with Gasteiger partial charge in [-0.3, -0.25) is 4.98 Å². The zero-order valence-corrected chi connectivity index (χ0v) is 18.6. The molecule has 1 aliphatic rings. The average molecular weight is 444 g/mol. The number of aromatic nitrogens is 2. The van der Waals surface area contributed by atoms with Gasteiger partial charge in [0, 0.05) is 37.8 Å². The molecular weight excluding hydrogens is 418 g/mol. The van der Waals surface area contributed by atoms with Crippen molar-refractivity contribution in [1.29, 1.82) is 0 Å². The second kappa shape index (κ2) is 8.27. The van der Waals surface area contributed by atoms with E-state index in [1.807, 2.05) is 31.2 Å². The maximum absolute atomic E-state index is 13.1. The zero-order chi connectivity index (χ0) is 22.2. The molecule has 164 valence electrons. The zero-order valence-electron chi connectivity index (χ0n) is 17.8. The van der Waals surface area contributed by atoms with Crippen LogP contribution in [0.15, 0.2) is 39.9 Å². The molecule has 3 aromatic rings. The van der Waals surface area contributed by atoms with Crippen molar-refractivity contribution in [2.24, 2.45) is 0 Å². The summed E-state index contributed by atoms with van der Waals surface area (Å²) in [5.74, 6) is 0.273. The van der Waals surface area contributed by atoms with Gasteiger partial charge >= 0.3 is 6.03 Å². The number of amides is 2. The van der Waals surface area contributed by atoms with E-state index in [4.69, 9.17) is 4.52 Å². The van der Waals surface area contributed by atoms with Crippen molar-refractivity contribution < 1.29 is 17.7 Å². The van der Waals surface area contributed by atoms with Crippen molar-refractivity contribution in [2.75, 3.05) is 31.5 Å². The summed E-state index contributed by atoms with van der Waals surface area (Å²) in [5, 5.41) is 7.66. The smallest absolute Gasteiger partial charge is 0.321 e. The molecule has 2 aromatic heterocycles. The van der Waals surface area contributed by atoms with Gasteiger partial charge in [-0.2, -0.15) is 4.31 Å². The molecule has 0 aliphatic carbocycles. The summed E-state index contributed by atoms with van der Waals surface area (Å²) in [6.07, 6.45) is 2.22. The number of aryl methyl sites for hydroxylation is 3. The van der Waals surface area contributed by atoms with Gasteiger partial charge in [0.1, 0.15) is 10.6 Å². The van der Waals surface area contributed by atoms with Crippen LogP contribution < -0.4 is 5.32 Å². The fraction of sp³-hybridized carbons (Fsp3) is 0.381. The third-order valence-corrected chi connectivity index (χ3v) is 7.54. The van der Waals surface area contributed by atoms with Crippen LogP contribution in [0, 0.1) is 20.8 Å². The Morgan fingerprint density at radius 1 is 1.13 bits per heavy atom. The highest BCUT2D eigenvalue weighted by Gasteiger charge is 2.33. The van der Waals surface area contributed by atoms with Crippen molar-refractivity contribution in [2.45, 2.75) is 32.1 Å². The molecule has 10 heteroatoms. The number of carbonyl (C=O) groups excluding carboxylic acids is 1. The molecule has 3 heterocycles. The number of anilines is 1. The maximum atomic E-state index is 13.1. The SMILES string of the molecule is Cc1cc(NC(=O)N2CCCN(S(=O)(=O)c3c(C)noc3C)CC2)c2ncccc2c1. The molecule has 1 saturated heterocycles. The van der Waals surface area contributed by atoms with Crippen LogP contribution in [0.3, 0.4) is 0 Å². The van der Waals surface area contributed by atoms with E-state index in [0.29, 0.717) is 30.9 Å². The number of hydrogen-bond acceptors (Lipinski definition) is 6. The number of hydrogen-bond donors (Lipinski definition) is 1. The normalized spacial score (nSPS) is 15.8. The molecule has 31 heavy (non-hydrogen) atoms. The average Bonchev–Trinajstić information content (AvgIpc) is 2.92. The predicted molar refractivity (Wildman–Crippen MR) is 116 cm³/mol. The van der Waals surface area contributed by atoms with Gasteiger partial charge in [-0.25, -0.2) is 13.2 Å². The molecule has 0 saturated carbocycles. The summed E-state index contributed by atoms with van der Waals surface area (Å²) in [6, 6.07) is 7.44. The van der Waals surface area contributed by atoms with Gasteiger partial charge in [0.05, 0.1) is 11.2 Å². The number of benzene rings is 1.